The van der Waals surface area contributed by atoms with E-state index >= 15 is 0 Å². The number of aliphatic hydroxyl groups excluding tert-OH is 1. The number of aliphatic hydroxyl groups is 1. The summed E-state index contributed by atoms with van der Waals surface area (Å²) >= 11 is 0. The summed E-state index contributed by atoms with van der Waals surface area (Å²) < 4.78 is 14.4. The van der Waals surface area contributed by atoms with Crippen molar-refractivity contribution in [2.45, 2.75) is 6.61 Å². The quantitative estimate of drug-likeness (QED) is 0.443. The van der Waals surface area contributed by atoms with Crippen LogP contribution < -0.4 is 9.46 Å². The van der Waals surface area contributed by atoms with E-state index < -0.39 is 29.6 Å². The highest BCUT2D eigenvalue weighted by Gasteiger charge is 2.34. The highest BCUT2D eigenvalue weighted by Crippen LogP contribution is 2.15. The number of benzene rings is 2. The topological polar surface area (TPSA) is 91.2 Å². The Morgan fingerprint density at radius 1 is 1.00 bits per heavy atom. The lowest BCUT2D eigenvalue weighted by Crippen LogP contribution is -2.47. The SMILES string of the molecule is O=C(c1ccccc1F)c1c(CO)[n+]([O-])c2ccccc2[n+]1[O-]. The molecule has 2 aromatic carbocycles. The van der Waals surface area contributed by atoms with Crippen LogP contribution >= 0.6 is 0 Å². The summed E-state index contributed by atoms with van der Waals surface area (Å²) in [6.45, 7) is -0.827. The Bertz CT molecular complexity index is 927. The second-order valence-corrected chi connectivity index (χ2v) is 4.84. The molecule has 0 spiro atoms. The number of rotatable bonds is 3. The molecule has 0 saturated carbocycles. The number of hydrogen-bond acceptors (Lipinski definition) is 4. The number of aromatic nitrogens is 2. The Hall–Kier alpha value is -3.06. The Morgan fingerprint density at radius 2 is 1.57 bits per heavy atom. The molecule has 23 heavy (non-hydrogen) atoms. The summed E-state index contributed by atoms with van der Waals surface area (Å²) in [6, 6.07) is 11.0. The van der Waals surface area contributed by atoms with Crippen LogP contribution in [-0.4, -0.2) is 10.9 Å². The van der Waals surface area contributed by atoms with Crippen molar-refractivity contribution in [3.05, 3.63) is 81.7 Å². The van der Waals surface area contributed by atoms with Gasteiger partial charge in [-0.1, -0.05) is 24.3 Å². The molecule has 1 aromatic heterocycles. The van der Waals surface area contributed by atoms with E-state index in [2.05, 4.69) is 0 Å². The standard InChI is InChI=1S/C16H11FN2O4/c17-11-6-2-1-5-10(11)16(21)15-14(9-20)18(22)12-7-3-4-8-13(12)19(15)23/h1-8,20H,9H2. The number of halogens is 1. The van der Waals surface area contributed by atoms with Crippen molar-refractivity contribution in [1.82, 2.24) is 0 Å². The van der Waals surface area contributed by atoms with Crippen LogP contribution in [-0.2, 0) is 6.61 Å². The van der Waals surface area contributed by atoms with Gasteiger partial charge in [-0.15, -0.1) is 0 Å². The van der Waals surface area contributed by atoms with Gasteiger partial charge in [0.1, 0.15) is 12.4 Å². The maximum absolute atomic E-state index is 13.8. The van der Waals surface area contributed by atoms with Crippen LogP contribution in [0.15, 0.2) is 48.5 Å². The maximum atomic E-state index is 13.8. The molecule has 6 nitrogen and oxygen atoms in total. The van der Waals surface area contributed by atoms with Crippen molar-refractivity contribution >= 4 is 16.8 Å². The van der Waals surface area contributed by atoms with Crippen LogP contribution in [0.25, 0.3) is 11.0 Å². The molecular formula is C16H11FN2O4. The molecular weight excluding hydrogens is 303 g/mol. The highest BCUT2D eigenvalue weighted by molar-refractivity contribution is 6.07. The number of fused-ring (bicyclic) bond motifs is 1. The van der Waals surface area contributed by atoms with Gasteiger partial charge >= 0.3 is 5.69 Å². The third-order valence-electron chi connectivity index (χ3n) is 3.52. The zero-order valence-corrected chi connectivity index (χ0v) is 11.8. The average Bonchev–Trinajstić information content (AvgIpc) is 2.57. The zero-order chi connectivity index (χ0) is 16.6. The Labute approximate surface area is 129 Å². The lowest BCUT2D eigenvalue weighted by molar-refractivity contribution is -0.637. The first-order chi connectivity index (χ1) is 11.1. The smallest absolute Gasteiger partial charge is 0.336 e. The maximum Gasteiger partial charge on any atom is 0.336 e. The summed E-state index contributed by atoms with van der Waals surface area (Å²) in [5.74, 6) is -1.77. The monoisotopic (exact) mass is 314 g/mol. The predicted molar refractivity (Wildman–Crippen MR) is 77.6 cm³/mol. The zero-order valence-electron chi connectivity index (χ0n) is 11.8. The molecule has 3 aromatic rings. The molecule has 1 heterocycles. The molecule has 0 saturated heterocycles. The summed E-state index contributed by atoms with van der Waals surface area (Å²) in [7, 11) is 0. The van der Waals surface area contributed by atoms with Gasteiger partial charge in [0.25, 0.3) is 22.5 Å². The lowest BCUT2D eigenvalue weighted by atomic mass is 10.1. The van der Waals surface area contributed by atoms with Gasteiger partial charge in [0.2, 0.25) is 0 Å². The summed E-state index contributed by atoms with van der Waals surface area (Å²) in [6.07, 6.45) is 0. The number of para-hydroxylation sites is 2. The third kappa shape index (κ3) is 2.27. The van der Waals surface area contributed by atoms with E-state index in [4.69, 9.17) is 0 Å². The van der Waals surface area contributed by atoms with Gasteiger partial charge in [-0.25, -0.2) is 4.39 Å². The first-order valence-electron chi connectivity index (χ1n) is 6.73. The Balaban J connectivity index is 2.35. The first kappa shape index (κ1) is 14.9. The van der Waals surface area contributed by atoms with E-state index in [0.29, 0.717) is 4.73 Å². The first-order valence-corrected chi connectivity index (χ1v) is 6.73. The summed E-state index contributed by atoms with van der Waals surface area (Å²) in [5.41, 5.74) is -1.39. The molecule has 0 amide bonds. The van der Waals surface area contributed by atoms with E-state index in [1.165, 1.54) is 36.4 Å². The van der Waals surface area contributed by atoms with Crippen LogP contribution in [0.4, 0.5) is 4.39 Å². The minimum Gasteiger partial charge on any atom is -0.618 e. The van der Waals surface area contributed by atoms with E-state index in [0.717, 1.165) is 6.07 Å². The highest BCUT2D eigenvalue weighted by atomic mass is 19.1. The van der Waals surface area contributed by atoms with Crippen LogP contribution in [0.5, 0.6) is 0 Å². The second kappa shape index (κ2) is 5.62. The summed E-state index contributed by atoms with van der Waals surface area (Å²) in [5, 5.41) is 34.2. The van der Waals surface area contributed by atoms with E-state index in [1.807, 2.05) is 0 Å². The van der Waals surface area contributed by atoms with Gasteiger partial charge in [0.15, 0.2) is 0 Å². The van der Waals surface area contributed by atoms with Crippen molar-refractivity contribution < 1.29 is 23.8 Å². The molecule has 0 atom stereocenters. The molecule has 116 valence electrons. The number of nitrogens with zero attached hydrogens (tertiary/aromatic N) is 2. The third-order valence-corrected chi connectivity index (χ3v) is 3.52. The predicted octanol–water partition coefficient (Wildman–Crippen LogP) is 0.969. The molecule has 0 radical (unpaired) electrons. The van der Waals surface area contributed by atoms with E-state index in [9.17, 15) is 24.7 Å². The molecule has 3 rings (SSSR count). The van der Waals surface area contributed by atoms with Crippen LogP contribution in [0.1, 0.15) is 21.7 Å². The van der Waals surface area contributed by atoms with Crippen molar-refractivity contribution in [2.75, 3.05) is 0 Å². The lowest BCUT2D eigenvalue weighted by Gasteiger charge is -2.11. The van der Waals surface area contributed by atoms with Gasteiger partial charge in [0, 0.05) is 12.1 Å². The van der Waals surface area contributed by atoms with Crippen molar-refractivity contribution in [1.29, 1.82) is 0 Å². The number of hydrogen-bond donors (Lipinski definition) is 1. The number of ketones is 1. The summed E-state index contributed by atoms with van der Waals surface area (Å²) in [4.78, 5) is 12.5. The van der Waals surface area contributed by atoms with Crippen molar-refractivity contribution in [3.63, 3.8) is 0 Å². The van der Waals surface area contributed by atoms with Gasteiger partial charge in [-0.2, -0.15) is 9.46 Å². The molecule has 0 aliphatic rings. The Kier molecular flexibility index (Phi) is 3.63. The Morgan fingerprint density at radius 3 is 2.17 bits per heavy atom. The number of carbonyl (C=O) groups excluding carboxylic acids is 1. The molecule has 7 heteroatoms. The van der Waals surface area contributed by atoms with Gasteiger partial charge in [-0.05, 0) is 12.1 Å². The molecule has 0 aliphatic heterocycles. The molecule has 1 N–H and O–H groups in total. The molecule has 0 unspecified atom stereocenters. The largest absolute Gasteiger partial charge is 0.618 e. The van der Waals surface area contributed by atoms with Gasteiger partial charge < -0.3 is 15.5 Å². The molecule has 0 bridgehead atoms. The molecule has 0 fully saturated rings. The van der Waals surface area contributed by atoms with Crippen LogP contribution in [0.3, 0.4) is 0 Å². The average molecular weight is 314 g/mol. The fourth-order valence-electron chi connectivity index (χ4n) is 2.42. The van der Waals surface area contributed by atoms with Crippen LogP contribution in [0, 0.1) is 16.2 Å². The fourth-order valence-corrected chi connectivity index (χ4v) is 2.42. The van der Waals surface area contributed by atoms with Crippen molar-refractivity contribution in [3.8, 4) is 0 Å². The van der Waals surface area contributed by atoms with E-state index in [-0.39, 0.29) is 21.3 Å². The minimum atomic E-state index is -0.961. The number of carbonyl (C=O) groups is 1. The fraction of sp³-hybridized carbons (Fsp3) is 0.0625. The van der Waals surface area contributed by atoms with Crippen molar-refractivity contribution in [2.24, 2.45) is 0 Å². The normalized spacial score (nSPS) is 10.9. The second-order valence-electron chi connectivity index (χ2n) is 4.84. The van der Waals surface area contributed by atoms with Gasteiger partial charge in [-0.3, -0.25) is 4.79 Å². The molecule has 0 aliphatic carbocycles. The minimum absolute atomic E-state index is 0.0108. The van der Waals surface area contributed by atoms with Gasteiger partial charge in [0.05, 0.1) is 5.56 Å². The van der Waals surface area contributed by atoms with E-state index in [1.54, 1.807) is 6.07 Å². The van der Waals surface area contributed by atoms with Crippen LogP contribution in [0.2, 0.25) is 0 Å².